The monoisotopic (exact) mass is 394 g/mol. The topological polar surface area (TPSA) is 54.4 Å². The van der Waals surface area contributed by atoms with E-state index in [1.54, 1.807) is 12.3 Å². The van der Waals surface area contributed by atoms with Crippen LogP contribution >= 0.6 is 0 Å². The molecule has 28 heavy (non-hydrogen) atoms. The standard InChI is InChI=1S/C23H23NO3S/c1-15(2)21-14-24(28(25,26)27,19-12-16(3)11-17(4)13-19)22-10-6-8-18-7-5-9-20(21)23(18)22/h5-15H,1-4H3/p+1. The molecule has 1 unspecified atom stereocenters. The van der Waals surface area contributed by atoms with Gasteiger partial charge >= 0.3 is 10.3 Å². The number of hydrogen-bond donors (Lipinski definition) is 1. The van der Waals surface area contributed by atoms with Gasteiger partial charge in [-0.2, -0.15) is 0 Å². The highest BCUT2D eigenvalue weighted by Crippen LogP contribution is 2.50. The Morgan fingerprint density at radius 3 is 2.11 bits per heavy atom. The molecule has 0 aromatic heterocycles. The first-order valence-electron chi connectivity index (χ1n) is 9.36. The SMILES string of the molecule is Cc1cc(C)cc([N+]2(S(=O)(=O)O)C=C(C(C)C)c3cccc4cccc2c34)c1. The summed E-state index contributed by atoms with van der Waals surface area (Å²) >= 11 is 0. The Bertz CT molecular complexity index is 1220. The molecule has 0 saturated carbocycles. The van der Waals surface area contributed by atoms with E-state index in [0.29, 0.717) is 11.4 Å². The van der Waals surface area contributed by atoms with Gasteiger partial charge in [0.25, 0.3) is 0 Å². The summed E-state index contributed by atoms with van der Waals surface area (Å²) in [5, 5.41) is 1.82. The summed E-state index contributed by atoms with van der Waals surface area (Å²) in [5.41, 5.74) is 4.87. The molecule has 5 heteroatoms. The molecule has 0 fully saturated rings. The van der Waals surface area contributed by atoms with Crippen molar-refractivity contribution in [2.24, 2.45) is 5.92 Å². The molecular weight excluding hydrogens is 370 g/mol. The molecule has 4 nitrogen and oxygen atoms in total. The summed E-state index contributed by atoms with van der Waals surface area (Å²) in [4.78, 5) is 0. The van der Waals surface area contributed by atoms with Crippen molar-refractivity contribution >= 4 is 38.0 Å². The van der Waals surface area contributed by atoms with Gasteiger partial charge in [0.15, 0.2) is 11.4 Å². The second-order valence-electron chi connectivity index (χ2n) is 7.87. The van der Waals surface area contributed by atoms with Crippen LogP contribution in [-0.4, -0.2) is 13.0 Å². The number of benzene rings is 3. The third-order valence-electron chi connectivity index (χ3n) is 5.45. The van der Waals surface area contributed by atoms with Crippen molar-refractivity contribution in [2.45, 2.75) is 27.7 Å². The van der Waals surface area contributed by atoms with Crippen molar-refractivity contribution in [1.29, 1.82) is 0 Å². The fourth-order valence-corrected chi connectivity index (χ4v) is 5.33. The Morgan fingerprint density at radius 2 is 1.54 bits per heavy atom. The molecular formula is C23H24NO3S+. The van der Waals surface area contributed by atoms with E-state index in [1.165, 1.54) is 0 Å². The lowest BCUT2D eigenvalue weighted by atomic mass is 9.88. The first-order chi connectivity index (χ1) is 13.1. The average molecular weight is 395 g/mol. The summed E-state index contributed by atoms with van der Waals surface area (Å²) in [5.74, 6) is 0.0871. The number of allylic oxidation sites excluding steroid dienone is 1. The molecule has 0 spiro atoms. The van der Waals surface area contributed by atoms with Crippen LogP contribution in [0.2, 0.25) is 0 Å². The van der Waals surface area contributed by atoms with E-state index in [9.17, 15) is 13.0 Å². The molecule has 0 bridgehead atoms. The fraction of sp³-hybridized carbons (Fsp3) is 0.217. The first kappa shape index (κ1) is 18.9. The second kappa shape index (κ2) is 6.27. The van der Waals surface area contributed by atoms with Crippen LogP contribution in [0, 0.1) is 19.8 Å². The predicted octanol–water partition coefficient (Wildman–Crippen LogP) is 5.91. The lowest BCUT2D eigenvalue weighted by Crippen LogP contribution is -2.46. The highest BCUT2D eigenvalue weighted by molar-refractivity contribution is 7.85. The van der Waals surface area contributed by atoms with Gasteiger partial charge in [-0.25, -0.2) is 4.55 Å². The van der Waals surface area contributed by atoms with Crippen molar-refractivity contribution in [2.75, 3.05) is 0 Å². The molecule has 0 radical (unpaired) electrons. The van der Waals surface area contributed by atoms with Crippen LogP contribution < -0.4 is 3.89 Å². The van der Waals surface area contributed by atoms with Crippen LogP contribution in [0.15, 0.2) is 60.8 Å². The Balaban J connectivity index is 2.26. The summed E-state index contributed by atoms with van der Waals surface area (Å²) in [6.07, 6.45) is 1.70. The molecule has 144 valence electrons. The van der Waals surface area contributed by atoms with E-state index < -0.39 is 14.2 Å². The van der Waals surface area contributed by atoms with E-state index in [4.69, 9.17) is 0 Å². The zero-order valence-electron chi connectivity index (χ0n) is 16.5. The smallest absolute Gasteiger partial charge is 0.240 e. The van der Waals surface area contributed by atoms with Gasteiger partial charge in [0.05, 0.1) is 5.39 Å². The van der Waals surface area contributed by atoms with Crippen LogP contribution in [0.1, 0.15) is 30.5 Å². The molecule has 1 heterocycles. The van der Waals surface area contributed by atoms with Gasteiger partial charge in [-0.05, 0) is 41.8 Å². The van der Waals surface area contributed by atoms with Crippen LogP contribution in [0.4, 0.5) is 11.4 Å². The highest BCUT2D eigenvalue weighted by Gasteiger charge is 2.49. The quantitative estimate of drug-likeness (QED) is 0.444. The van der Waals surface area contributed by atoms with Gasteiger partial charge in [-0.1, -0.05) is 50.2 Å². The molecule has 1 atom stereocenters. The molecule has 4 rings (SSSR count). The molecule has 0 amide bonds. The van der Waals surface area contributed by atoms with Gasteiger partial charge in [0.2, 0.25) is 0 Å². The third-order valence-corrected chi connectivity index (χ3v) is 6.69. The Labute approximate surface area is 166 Å². The molecule has 0 aliphatic carbocycles. The van der Waals surface area contributed by atoms with Gasteiger partial charge in [0.1, 0.15) is 6.20 Å². The number of rotatable bonds is 3. The minimum Gasteiger partial charge on any atom is -0.240 e. The van der Waals surface area contributed by atoms with Gasteiger partial charge in [-0.15, -0.1) is 12.3 Å². The number of quaternary nitrogens is 1. The summed E-state index contributed by atoms with van der Waals surface area (Å²) in [6, 6.07) is 17.3. The van der Waals surface area contributed by atoms with E-state index in [1.807, 2.05) is 76.2 Å². The summed E-state index contributed by atoms with van der Waals surface area (Å²) in [7, 11) is -4.57. The molecule has 0 saturated heterocycles. The van der Waals surface area contributed by atoms with E-state index in [2.05, 4.69) is 0 Å². The second-order valence-corrected chi connectivity index (χ2v) is 9.34. The van der Waals surface area contributed by atoms with Crippen molar-refractivity contribution in [3.05, 3.63) is 77.5 Å². The minimum absolute atomic E-state index is 0.0871. The van der Waals surface area contributed by atoms with Crippen LogP contribution in [0.25, 0.3) is 16.3 Å². The summed E-state index contributed by atoms with van der Waals surface area (Å²) in [6.45, 7) is 7.95. The minimum atomic E-state index is -4.57. The Kier molecular flexibility index (Phi) is 4.23. The summed E-state index contributed by atoms with van der Waals surface area (Å²) < 4.78 is 35.9. The third kappa shape index (κ3) is 2.62. The molecule has 1 N–H and O–H groups in total. The van der Waals surface area contributed by atoms with Gasteiger partial charge in [0, 0.05) is 23.8 Å². The largest absolute Gasteiger partial charge is 0.447 e. The van der Waals surface area contributed by atoms with Crippen molar-refractivity contribution in [3.8, 4) is 0 Å². The maximum atomic E-state index is 13.0. The van der Waals surface area contributed by atoms with Crippen molar-refractivity contribution in [3.63, 3.8) is 0 Å². The maximum Gasteiger partial charge on any atom is 0.447 e. The average Bonchev–Trinajstić information content (AvgIpc) is 2.60. The maximum absolute atomic E-state index is 13.0. The van der Waals surface area contributed by atoms with Crippen LogP contribution in [0.3, 0.4) is 0 Å². The molecule has 3 aromatic rings. The van der Waals surface area contributed by atoms with Crippen LogP contribution in [0.5, 0.6) is 0 Å². The lowest BCUT2D eigenvalue weighted by molar-refractivity contribution is 0.439. The van der Waals surface area contributed by atoms with E-state index >= 15 is 0 Å². The van der Waals surface area contributed by atoms with Gasteiger partial charge < -0.3 is 0 Å². The van der Waals surface area contributed by atoms with Crippen molar-refractivity contribution in [1.82, 2.24) is 3.89 Å². The van der Waals surface area contributed by atoms with Crippen molar-refractivity contribution < 1.29 is 13.0 Å². The Morgan fingerprint density at radius 1 is 0.929 bits per heavy atom. The predicted molar refractivity (Wildman–Crippen MR) is 116 cm³/mol. The van der Waals surface area contributed by atoms with E-state index in [-0.39, 0.29) is 5.92 Å². The number of aryl methyl sites for hydroxylation is 2. The molecule has 1 aliphatic heterocycles. The Hall–Kier alpha value is -2.47. The number of nitrogens with zero attached hydrogens (tertiary/aromatic N) is 1. The molecule has 3 aromatic carbocycles. The zero-order valence-corrected chi connectivity index (χ0v) is 17.3. The first-order valence-corrected chi connectivity index (χ1v) is 10.8. The highest BCUT2D eigenvalue weighted by atomic mass is 32.2. The van der Waals surface area contributed by atoms with E-state index in [0.717, 1.165) is 33.0 Å². The fourth-order valence-electron chi connectivity index (χ4n) is 4.31. The number of hydrogen-bond acceptors (Lipinski definition) is 2. The van der Waals surface area contributed by atoms with Gasteiger partial charge in [-0.3, -0.25) is 0 Å². The van der Waals surface area contributed by atoms with Crippen LogP contribution in [-0.2, 0) is 10.3 Å². The zero-order chi connectivity index (χ0) is 20.3. The lowest BCUT2D eigenvalue weighted by Gasteiger charge is -2.35. The normalized spacial score (nSPS) is 19.1. The molecule has 1 aliphatic rings.